The maximum absolute atomic E-state index is 12.1. The normalized spacial score (nSPS) is 12.3. The van der Waals surface area contributed by atoms with Crippen molar-refractivity contribution in [1.82, 2.24) is 0 Å². The second-order valence-electron chi connectivity index (χ2n) is 5.55. The molecule has 1 atom stereocenters. The first-order chi connectivity index (χ1) is 12.5. The first-order valence-electron chi connectivity index (χ1n) is 8.25. The first-order valence-corrected chi connectivity index (χ1v) is 8.62. The molecule has 0 saturated carbocycles. The number of halogens is 1. The summed E-state index contributed by atoms with van der Waals surface area (Å²) in [6.07, 6.45) is -0.459. The van der Waals surface area contributed by atoms with Crippen LogP contribution < -0.4 is 15.8 Å². The van der Waals surface area contributed by atoms with Gasteiger partial charge in [-0.05, 0) is 49.7 Å². The van der Waals surface area contributed by atoms with Crippen molar-refractivity contribution < 1.29 is 14.4 Å². The molecule has 0 aromatic heterocycles. The predicted octanol–water partition coefficient (Wildman–Crippen LogP) is 3.60. The van der Waals surface area contributed by atoms with Gasteiger partial charge in [0.1, 0.15) is 11.6 Å². The number of benzene rings is 2. The van der Waals surface area contributed by atoms with E-state index in [1.54, 1.807) is 37.3 Å². The molecule has 0 radical (unpaired) electrons. The summed E-state index contributed by atoms with van der Waals surface area (Å²) < 4.78 is 5.36. The lowest BCUT2D eigenvalue weighted by molar-refractivity contribution is -0.126. The fraction of sp³-hybridized carbons (Fsp3) is 0.263. The molecule has 0 spiro atoms. The van der Waals surface area contributed by atoms with E-state index in [9.17, 15) is 4.79 Å². The molecule has 138 valence electrons. The Morgan fingerprint density at radius 3 is 2.58 bits per heavy atom. The summed E-state index contributed by atoms with van der Waals surface area (Å²) >= 11 is 6.08. The van der Waals surface area contributed by atoms with Gasteiger partial charge in [-0.3, -0.25) is 4.79 Å². The number of nitrogens with two attached hydrogens (primary N) is 1. The molecular weight excluding hydrogens is 354 g/mol. The Hall–Kier alpha value is -2.73. The van der Waals surface area contributed by atoms with Crippen molar-refractivity contribution in [3.05, 3.63) is 59.1 Å². The van der Waals surface area contributed by atoms with E-state index >= 15 is 0 Å². The number of carbonyl (C=O) groups excluding carboxylic acids is 1. The minimum Gasteiger partial charge on any atom is -0.494 e. The van der Waals surface area contributed by atoms with Crippen molar-refractivity contribution in [2.75, 3.05) is 11.9 Å². The first kappa shape index (κ1) is 19.6. The fourth-order valence-electron chi connectivity index (χ4n) is 2.11. The Morgan fingerprint density at radius 1 is 1.23 bits per heavy atom. The number of hydrogen-bond donors (Lipinski definition) is 2. The maximum Gasteiger partial charge on any atom is 0.267 e. The van der Waals surface area contributed by atoms with Gasteiger partial charge in [-0.15, -0.1) is 0 Å². The maximum atomic E-state index is 12.1. The average molecular weight is 376 g/mol. The van der Waals surface area contributed by atoms with Crippen LogP contribution in [0, 0.1) is 0 Å². The number of amidine groups is 1. The number of anilines is 1. The molecule has 0 aliphatic rings. The molecule has 2 aromatic rings. The highest BCUT2D eigenvalue weighted by molar-refractivity contribution is 6.31. The zero-order valence-electron chi connectivity index (χ0n) is 14.7. The van der Waals surface area contributed by atoms with Gasteiger partial charge in [-0.2, -0.15) is 0 Å². The van der Waals surface area contributed by atoms with E-state index in [4.69, 9.17) is 26.9 Å². The molecular formula is C19H22ClN3O3. The van der Waals surface area contributed by atoms with Gasteiger partial charge in [0.25, 0.3) is 5.91 Å². The molecule has 1 amide bonds. The minimum atomic E-state index is -0.800. The van der Waals surface area contributed by atoms with E-state index in [1.807, 2.05) is 25.1 Å². The van der Waals surface area contributed by atoms with Crippen LogP contribution in [0.3, 0.4) is 0 Å². The van der Waals surface area contributed by atoms with Crippen LogP contribution in [0.2, 0.25) is 5.02 Å². The summed E-state index contributed by atoms with van der Waals surface area (Å²) in [5.41, 5.74) is 7.32. The molecule has 1 unspecified atom stereocenters. The van der Waals surface area contributed by atoms with Crippen LogP contribution in [-0.2, 0) is 16.1 Å². The van der Waals surface area contributed by atoms with Gasteiger partial charge in [0.15, 0.2) is 0 Å². The van der Waals surface area contributed by atoms with Crippen LogP contribution in [0.5, 0.6) is 5.75 Å². The molecule has 0 heterocycles. The fourth-order valence-corrected chi connectivity index (χ4v) is 2.31. The Bertz CT molecular complexity index is 763. The predicted molar refractivity (Wildman–Crippen MR) is 104 cm³/mol. The number of nitrogens with zero attached hydrogens (tertiary/aromatic N) is 1. The van der Waals surface area contributed by atoms with Crippen molar-refractivity contribution in [2.24, 2.45) is 10.9 Å². The minimum absolute atomic E-state index is 0.235. The summed E-state index contributed by atoms with van der Waals surface area (Å²) in [5, 5.41) is 7.16. The molecule has 7 heteroatoms. The van der Waals surface area contributed by atoms with E-state index in [0.29, 0.717) is 23.7 Å². The molecule has 0 aliphatic carbocycles. The highest BCUT2D eigenvalue weighted by Gasteiger charge is 2.15. The third-order valence-electron chi connectivity index (χ3n) is 3.46. The van der Waals surface area contributed by atoms with Crippen molar-refractivity contribution in [3.63, 3.8) is 0 Å². The van der Waals surface area contributed by atoms with Gasteiger partial charge in [0.05, 0.1) is 6.61 Å². The molecule has 0 aliphatic heterocycles. The standard InChI is InChI=1S/C19H22ClN3O3/c1-3-25-16-10-8-15(9-11-16)22-19(24)13(2)26-23-18(21)12-14-6-4-5-7-17(14)20/h4-11,13H,3,12H2,1-2H3,(H2,21,23)(H,22,24). The van der Waals surface area contributed by atoms with Gasteiger partial charge in [0, 0.05) is 17.1 Å². The lowest BCUT2D eigenvalue weighted by Gasteiger charge is -2.12. The third kappa shape index (κ3) is 5.97. The number of hydrogen-bond acceptors (Lipinski definition) is 4. The van der Waals surface area contributed by atoms with Crippen molar-refractivity contribution >= 4 is 29.0 Å². The number of oxime groups is 1. The van der Waals surface area contributed by atoms with Crippen molar-refractivity contribution in [1.29, 1.82) is 0 Å². The van der Waals surface area contributed by atoms with Crippen LogP contribution in [0.25, 0.3) is 0 Å². The van der Waals surface area contributed by atoms with E-state index in [0.717, 1.165) is 11.3 Å². The number of nitrogens with one attached hydrogen (secondary N) is 1. The second-order valence-corrected chi connectivity index (χ2v) is 5.95. The van der Waals surface area contributed by atoms with Crippen molar-refractivity contribution in [3.8, 4) is 5.75 Å². The summed E-state index contributed by atoms with van der Waals surface area (Å²) in [7, 11) is 0. The van der Waals surface area contributed by atoms with Crippen LogP contribution in [0.4, 0.5) is 5.69 Å². The molecule has 0 bridgehead atoms. The van der Waals surface area contributed by atoms with Crippen LogP contribution in [-0.4, -0.2) is 24.5 Å². The topological polar surface area (TPSA) is 85.9 Å². The number of amides is 1. The molecule has 3 N–H and O–H groups in total. The number of rotatable bonds is 8. The third-order valence-corrected chi connectivity index (χ3v) is 3.83. The Labute approximate surface area is 157 Å². The molecule has 2 rings (SSSR count). The SMILES string of the molecule is CCOc1ccc(NC(=O)C(C)ON=C(N)Cc2ccccc2Cl)cc1. The van der Waals surface area contributed by atoms with Gasteiger partial charge < -0.3 is 20.6 Å². The summed E-state index contributed by atoms with van der Waals surface area (Å²) in [4.78, 5) is 17.3. The molecule has 0 fully saturated rings. The largest absolute Gasteiger partial charge is 0.494 e. The monoisotopic (exact) mass is 375 g/mol. The Kier molecular flexibility index (Phi) is 7.29. The summed E-state index contributed by atoms with van der Waals surface area (Å²) in [6.45, 7) is 4.09. The summed E-state index contributed by atoms with van der Waals surface area (Å²) in [5.74, 6) is 0.647. The van der Waals surface area contributed by atoms with Gasteiger partial charge in [-0.1, -0.05) is 35.0 Å². The Balaban J connectivity index is 1.86. The van der Waals surface area contributed by atoms with Gasteiger partial charge >= 0.3 is 0 Å². The van der Waals surface area contributed by atoms with Gasteiger partial charge in [0.2, 0.25) is 6.10 Å². The lowest BCUT2D eigenvalue weighted by Crippen LogP contribution is -2.27. The van der Waals surface area contributed by atoms with Crippen LogP contribution in [0.1, 0.15) is 19.4 Å². The number of ether oxygens (including phenoxy) is 1. The number of carbonyl (C=O) groups is 1. The Morgan fingerprint density at radius 2 is 1.92 bits per heavy atom. The van der Waals surface area contributed by atoms with Crippen LogP contribution >= 0.6 is 11.6 Å². The quantitative estimate of drug-likeness (QED) is 0.419. The second kappa shape index (κ2) is 9.68. The average Bonchev–Trinajstić information content (AvgIpc) is 2.63. The molecule has 26 heavy (non-hydrogen) atoms. The molecule has 0 saturated heterocycles. The highest BCUT2D eigenvalue weighted by Crippen LogP contribution is 2.17. The van der Waals surface area contributed by atoms with E-state index in [-0.39, 0.29) is 11.7 Å². The van der Waals surface area contributed by atoms with E-state index in [1.165, 1.54) is 0 Å². The van der Waals surface area contributed by atoms with Gasteiger partial charge in [-0.25, -0.2) is 0 Å². The van der Waals surface area contributed by atoms with Crippen LogP contribution in [0.15, 0.2) is 53.7 Å². The van der Waals surface area contributed by atoms with E-state index < -0.39 is 6.10 Å². The molecule has 2 aromatic carbocycles. The summed E-state index contributed by atoms with van der Waals surface area (Å²) in [6, 6.07) is 14.4. The molecule has 6 nitrogen and oxygen atoms in total. The van der Waals surface area contributed by atoms with Crippen molar-refractivity contribution in [2.45, 2.75) is 26.4 Å². The zero-order valence-corrected chi connectivity index (χ0v) is 15.5. The lowest BCUT2D eigenvalue weighted by atomic mass is 10.1. The highest BCUT2D eigenvalue weighted by atomic mass is 35.5. The smallest absolute Gasteiger partial charge is 0.267 e. The zero-order chi connectivity index (χ0) is 18.9. The van der Waals surface area contributed by atoms with E-state index in [2.05, 4.69) is 10.5 Å².